The molecule has 0 heterocycles. The molecule has 3 aromatic rings. The van der Waals surface area contributed by atoms with Gasteiger partial charge in [0.25, 0.3) is 0 Å². The third kappa shape index (κ3) is 6.60. The van der Waals surface area contributed by atoms with Crippen molar-refractivity contribution in [2.24, 2.45) is 0 Å². The van der Waals surface area contributed by atoms with E-state index in [0.717, 1.165) is 29.7 Å². The first kappa shape index (κ1) is 25.3. The molecule has 0 aliphatic rings. The maximum absolute atomic E-state index is 13.5. The van der Waals surface area contributed by atoms with Crippen molar-refractivity contribution >= 4 is 22.6 Å². The van der Waals surface area contributed by atoms with E-state index in [0.29, 0.717) is 32.4 Å². The quantitative estimate of drug-likeness (QED) is 0.363. The Hall–Kier alpha value is -3.34. The summed E-state index contributed by atoms with van der Waals surface area (Å²) in [5.74, 6) is 0.672. The SMILES string of the molecule is CCCCNC(=O)[C@@H](CC)N(Cc1ccc(OC)cc1)C(=O)CCc1cccc2ccccc12. The number of hydrogen-bond donors (Lipinski definition) is 1. The summed E-state index contributed by atoms with van der Waals surface area (Å²) in [6.45, 7) is 5.07. The number of carbonyl (C=O) groups is 2. The second-order valence-corrected chi connectivity index (χ2v) is 8.58. The summed E-state index contributed by atoms with van der Waals surface area (Å²) >= 11 is 0. The minimum Gasteiger partial charge on any atom is -0.497 e. The van der Waals surface area contributed by atoms with Gasteiger partial charge in [-0.2, -0.15) is 0 Å². The van der Waals surface area contributed by atoms with Gasteiger partial charge in [-0.05, 0) is 53.3 Å². The van der Waals surface area contributed by atoms with Crippen molar-refractivity contribution in [2.75, 3.05) is 13.7 Å². The van der Waals surface area contributed by atoms with Crippen LogP contribution in [0, 0.1) is 0 Å². The number of methoxy groups -OCH3 is 1. The molecule has 1 atom stereocenters. The second-order valence-electron chi connectivity index (χ2n) is 8.58. The van der Waals surface area contributed by atoms with E-state index in [1.165, 1.54) is 10.8 Å². The van der Waals surface area contributed by atoms with Crippen LogP contribution < -0.4 is 10.1 Å². The second kappa shape index (κ2) is 12.8. The van der Waals surface area contributed by atoms with Crippen LogP contribution in [-0.4, -0.2) is 36.4 Å². The number of ether oxygens (including phenoxy) is 1. The summed E-state index contributed by atoms with van der Waals surface area (Å²) in [6, 6.07) is 21.6. The van der Waals surface area contributed by atoms with E-state index in [9.17, 15) is 9.59 Å². The van der Waals surface area contributed by atoms with Crippen molar-refractivity contribution in [2.45, 2.75) is 58.5 Å². The predicted molar refractivity (Wildman–Crippen MR) is 138 cm³/mol. The molecule has 0 aromatic heterocycles. The van der Waals surface area contributed by atoms with Crippen molar-refractivity contribution in [3.63, 3.8) is 0 Å². The standard InChI is InChI=1S/C29H36N2O3/c1-4-6-20-30-29(33)27(5-2)31(21-22-14-17-25(34-3)18-15-22)28(32)19-16-24-12-9-11-23-10-7-8-13-26(23)24/h7-15,17-18,27H,4-6,16,19-21H2,1-3H3,(H,30,33)/t27-/m1/s1. The number of aryl methyl sites for hydroxylation is 1. The van der Waals surface area contributed by atoms with Crippen molar-refractivity contribution in [3.8, 4) is 5.75 Å². The smallest absolute Gasteiger partial charge is 0.242 e. The van der Waals surface area contributed by atoms with Crippen molar-refractivity contribution < 1.29 is 14.3 Å². The highest BCUT2D eigenvalue weighted by molar-refractivity contribution is 5.89. The first-order valence-electron chi connectivity index (χ1n) is 12.2. The first-order valence-corrected chi connectivity index (χ1v) is 12.2. The van der Waals surface area contributed by atoms with Gasteiger partial charge in [-0.25, -0.2) is 0 Å². The molecular formula is C29H36N2O3. The van der Waals surface area contributed by atoms with E-state index in [1.54, 1.807) is 12.0 Å². The molecule has 0 saturated heterocycles. The summed E-state index contributed by atoms with van der Waals surface area (Å²) in [7, 11) is 1.63. The Labute approximate surface area is 203 Å². The molecule has 0 bridgehead atoms. The summed E-state index contributed by atoms with van der Waals surface area (Å²) in [6.07, 6.45) is 3.48. The number of amides is 2. The number of benzene rings is 3. The van der Waals surface area contributed by atoms with Gasteiger partial charge in [-0.1, -0.05) is 74.9 Å². The predicted octanol–water partition coefficient (Wildman–Crippen LogP) is 5.50. The molecule has 0 saturated carbocycles. The van der Waals surface area contributed by atoms with Crippen LogP contribution in [0.3, 0.4) is 0 Å². The molecule has 3 aromatic carbocycles. The molecule has 0 radical (unpaired) electrons. The molecular weight excluding hydrogens is 424 g/mol. The Morgan fingerprint density at radius 1 is 0.971 bits per heavy atom. The zero-order valence-electron chi connectivity index (χ0n) is 20.5. The lowest BCUT2D eigenvalue weighted by molar-refractivity contribution is -0.141. The topological polar surface area (TPSA) is 58.6 Å². The number of nitrogens with zero attached hydrogens (tertiary/aromatic N) is 1. The van der Waals surface area contributed by atoms with Gasteiger partial charge in [0.15, 0.2) is 0 Å². The third-order valence-corrected chi connectivity index (χ3v) is 6.22. The minimum absolute atomic E-state index is 0.0127. The van der Waals surface area contributed by atoms with Crippen molar-refractivity contribution in [3.05, 3.63) is 77.9 Å². The van der Waals surface area contributed by atoms with Gasteiger partial charge >= 0.3 is 0 Å². The highest BCUT2D eigenvalue weighted by Crippen LogP contribution is 2.22. The van der Waals surface area contributed by atoms with Crippen LogP contribution in [0.1, 0.15) is 50.7 Å². The van der Waals surface area contributed by atoms with Crippen LogP contribution in [0.15, 0.2) is 66.7 Å². The molecule has 0 unspecified atom stereocenters. The van der Waals surface area contributed by atoms with Gasteiger partial charge in [0, 0.05) is 19.5 Å². The number of carbonyl (C=O) groups excluding carboxylic acids is 2. The third-order valence-electron chi connectivity index (χ3n) is 6.22. The summed E-state index contributed by atoms with van der Waals surface area (Å²) < 4.78 is 5.26. The van der Waals surface area contributed by atoms with E-state index in [4.69, 9.17) is 4.74 Å². The Balaban J connectivity index is 1.80. The number of unbranched alkanes of at least 4 members (excludes halogenated alkanes) is 1. The van der Waals surface area contributed by atoms with Crippen LogP contribution in [0.2, 0.25) is 0 Å². The van der Waals surface area contributed by atoms with Crippen LogP contribution in [0.4, 0.5) is 0 Å². The van der Waals surface area contributed by atoms with E-state index < -0.39 is 6.04 Å². The Bertz CT molecular complexity index is 1070. The van der Waals surface area contributed by atoms with Crippen molar-refractivity contribution in [1.29, 1.82) is 0 Å². The number of nitrogens with one attached hydrogen (secondary N) is 1. The fraction of sp³-hybridized carbons (Fsp3) is 0.379. The van der Waals surface area contributed by atoms with E-state index >= 15 is 0 Å². The molecule has 0 spiro atoms. The van der Waals surface area contributed by atoms with Gasteiger partial charge in [0.1, 0.15) is 11.8 Å². The van der Waals surface area contributed by atoms with Crippen LogP contribution in [0.25, 0.3) is 10.8 Å². The number of rotatable bonds is 12. The van der Waals surface area contributed by atoms with Gasteiger partial charge in [0.05, 0.1) is 7.11 Å². The van der Waals surface area contributed by atoms with Crippen LogP contribution >= 0.6 is 0 Å². The minimum atomic E-state index is -0.501. The van der Waals surface area contributed by atoms with E-state index in [2.05, 4.69) is 36.5 Å². The lowest BCUT2D eigenvalue weighted by Crippen LogP contribution is -2.49. The molecule has 180 valence electrons. The zero-order chi connectivity index (χ0) is 24.3. The lowest BCUT2D eigenvalue weighted by atomic mass is 10.00. The molecule has 0 aliphatic heterocycles. The first-order chi connectivity index (χ1) is 16.6. The maximum Gasteiger partial charge on any atom is 0.242 e. The normalized spacial score (nSPS) is 11.7. The average molecular weight is 461 g/mol. The molecule has 3 rings (SSSR count). The highest BCUT2D eigenvalue weighted by Gasteiger charge is 2.28. The maximum atomic E-state index is 13.5. The zero-order valence-corrected chi connectivity index (χ0v) is 20.5. The Morgan fingerprint density at radius 3 is 2.41 bits per heavy atom. The molecule has 1 N–H and O–H groups in total. The largest absolute Gasteiger partial charge is 0.497 e. The van der Waals surface area contributed by atoms with Crippen molar-refractivity contribution in [1.82, 2.24) is 10.2 Å². The molecule has 2 amide bonds. The van der Waals surface area contributed by atoms with E-state index in [-0.39, 0.29) is 11.8 Å². The fourth-order valence-corrected chi connectivity index (χ4v) is 4.25. The lowest BCUT2D eigenvalue weighted by Gasteiger charge is -2.31. The molecule has 34 heavy (non-hydrogen) atoms. The number of fused-ring (bicyclic) bond motifs is 1. The fourth-order valence-electron chi connectivity index (χ4n) is 4.25. The van der Waals surface area contributed by atoms with Gasteiger partial charge in [0.2, 0.25) is 11.8 Å². The highest BCUT2D eigenvalue weighted by atomic mass is 16.5. The molecule has 0 fully saturated rings. The molecule has 0 aliphatic carbocycles. The monoisotopic (exact) mass is 460 g/mol. The van der Waals surface area contributed by atoms with Gasteiger partial charge < -0.3 is 15.0 Å². The van der Waals surface area contributed by atoms with Crippen LogP contribution in [0.5, 0.6) is 5.75 Å². The van der Waals surface area contributed by atoms with Gasteiger partial charge in [-0.3, -0.25) is 9.59 Å². The van der Waals surface area contributed by atoms with Crippen LogP contribution in [-0.2, 0) is 22.6 Å². The Kier molecular flexibility index (Phi) is 9.51. The summed E-state index contributed by atoms with van der Waals surface area (Å²) in [5.41, 5.74) is 2.12. The van der Waals surface area contributed by atoms with Gasteiger partial charge in [-0.15, -0.1) is 0 Å². The Morgan fingerprint density at radius 2 is 1.71 bits per heavy atom. The molecule has 5 nitrogen and oxygen atoms in total. The van der Waals surface area contributed by atoms with E-state index in [1.807, 2.05) is 49.4 Å². The molecule has 5 heteroatoms. The average Bonchev–Trinajstić information content (AvgIpc) is 2.87. The number of hydrogen-bond acceptors (Lipinski definition) is 3. The summed E-state index contributed by atoms with van der Waals surface area (Å²) in [5, 5.41) is 5.36. The summed E-state index contributed by atoms with van der Waals surface area (Å²) in [4.78, 5) is 28.3.